The molecule has 2 aromatic carbocycles. The number of aryl methyl sites for hydroxylation is 1. The summed E-state index contributed by atoms with van der Waals surface area (Å²) in [6, 6.07) is 10.1. The first-order valence-electron chi connectivity index (χ1n) is 15.5. The molecule has 2 atom stereocenters. The minimum absolute atomic E-state index is 0.0179. The Hall–Kier alpha value is -2.92. The van der Waals surface area contributed by atoms with E-state index in [9.17, 15) is 19.1 Å². The van der Waals surface area contributed by atoms with Crippen LogP contribution < -0.4 is 4.74 Å². The van der Waals surface area contributed by atoms with Gasteiger partial charge < -0.3 is 33.9 Å². The van der Waals surface area contributed by atoms with Crippen molar-refractivity contribution in [3.63, 3.8) is 0 Å². The van der Waals surface area contributed by atoms with Crippen molar-refractivity contribution in [1.29, 1.82) is 0 Å². The lowest BCUT2D eigenvalue weighted by molar-refractivity contribution is -0.155. The summed E-state index contributed by atoms with van der Waals surface area (Å²) in [4.78, 5) is 30.9. The van der Waals surface area contributed by atoms with Crippen molar-refractivity contribution in [1.82, 2.24) is 9.80 Å². The number of likely N-dealkylation sites (tertiary alicyclic amines) is 1. The van der Waals surface area contributed by atoms with Crippen molar-refractivity contribution >= 4 is 23.6 Å². The molecule has 11 heteroatoms. The number of hydrogen-bond donors (Lipinski definition) is 1. The second kappa shape index (κ2) is 15.1. The highest BCUT2D eigenvalue weighted by atomic mass is 35.5. The van der Waals surface area contributed by atoms with E-state index in [-0.39, 0.29) is 48.6 Å². The standard InChI is InChI=1S/C34H46ClFN2O7/c1-33(2,3)45-32(40)37-13-12-34(41,25-8-11-29(35)30(36)20-25)28(22-37)31(39)38(26-9-10-26)21-24-17-23(7-6-14-42-4)18-27(19-24)44-16-15-43-5/h8,11,17-20,26,28,41H,6-7,9-10,12-16,21-22H2,1-5H3/t28-,34+/m1/s1. The summed E-state index contributed by atoms with van der Waals surface area (Å²) in [6.07, 6.45) is 2.71. The van der Waals surface area contributed by atoms with Gasteiger partial charge in [0.15, 0.2) is 0 Å². The van der Waals surface area contributed by atoms with E-state index >= 15 is 0 Å². The van der Waals surface area contributed by atoms with Gasteiger partial charge in [-0.1, -0.05) is 23.7 Å². The Balaban J connectivity index is 1.67. The van der Waals surface area contributed by atoms with Crippen molar-refractivity contribution < 1.29 is 38.0 Å². The Bertz CT molecular complexity index is 1300. The molecule has 0 unspecified atom stereocenters. The highest BCUT2D eigenvalue weighted by Gasteiger charge is 2.51. The Morgan fingerprint density at radius 3 is 2.42 bits per heavy atom. The van der Waals surface area contributed by atoms with Crippen molar-refractivity contribution in [3.05, 3.63) is 63.9 Å². The maximum absolute atomic E-state index is 14.7. The summed E-state index contributed by atoms with van der Waals surface area (Å²) < 4.78 is 36.6. The summed E-state index contributed by atoms with van der Waals surface area (Å²) in [6.45, 7) is 7.11. The largest absolute Gasteiger partial charge is 0.491 e. The fourth-order valence-electron chi connectivity index (χ4n) is 5.71. The smallest absolute Gasteiger partial charge is 0.410 e. The summed E-state index contributed by atoms with van der Waals surface area (Å²) in [7, 11) is 3.29. The van der Waals surface area contributed by atoms with Gasteiger partial charge in [-0.2, -0.15) is 0 Å². The number of carbonyl (C=O) groups is 2. The van der Waals surface area contributed by atoms with Crippen LogP contribution in [0.4, 0.5) is 9.18 Å². The number of hydrogen-bond acceptors (Lipinski definition) is 7. The molecule has 1 N–H and O–H groups in total. The number of carbonyl (C=O) groups excluding carboxylic acids is 2. The second-order valence-corrected chi connectivity index (χ2v) is 13.3. The summed E-state index contributed by atoms with van der Waals surface area (Å²) in [5, 5.41) is 12.1. The fraction of sp³-hybridized carbons (Fsp3) is 0.588. The van der Waals surface area contributed by atoms with E-state index in [0.29, 0.717) is 25.6 Å². The highest BCUT2D eigenvalue weighted by Crippen LogP contribution is 2.42. The second-order valence-electron chi connectivity index (χ2n) is 12.9. The number of nitrogens with zero attached hydrogens (tertiary/aromatic N) is 2. The zero-order chi connectivity index (χ0) is 32.8. The van der Waals surface area contributed by atoms with Crippen LogP contribution >= 0.6 is 11.6 Å². The summed E-state index contributed by atoms with van der Waals surface area (Å²) in [5.41, 5.74) is -0.275. The van der Waals surface area contributed by atoms with E-state index in [1.54, 1.807) is 46.0 Å². The zero-order valence-corrected chi connectivity index (χ0v) is 27.7. The van der Waals surface area contributed by atoms with Crippen LogP contribution in [0.1, 0.15) is 63.1 Å². The van der Waals surface area contributed by atoms with Gasteiger partial charge in [0.25, 0.3) is 0 Å². The van der Waals surface area contributed by atoms with Crippen LogP contribution in [0.5, 0.6) is 5.75 Å². The molecule has 1 saturated carbocycles. The molecule has 0 bridgehead atoms. The van der Waals surface area contributed by atoms with Crippen LogP contribution in [-0.4, -0.2) is 85.7 Å². The number of methoxy groups -OCH3 is 2. The molecule has 2 aliphatic rings. The molecule has 45 heavy (non-hydrogen) atoms. The predicted octanol–water partition coefficient (Wildman–Crippen LogP) is 5.72. The number of halogens is 2. The number of aliphatic hydroxyl groups is 1. The third-order valence-electron chi connectivity index (χ3n) is 8.13. The Morgan fingerprint density at radius 2 is 1.78 bits per heavy atom. The average Bonchev–Trinajstić information content (AvgIpc) is 3.82. The van der Waals surface area contributed by atoms with Gasteiger partial charge in [0.05, 0.1) is 17.5 Å². The third kappa shape index (κ3) is 9.31. The Morgan fingerprint density at radius 1 is 1.07 bits per heavy atom. The monoisotopic (exact) mass is 648 g/mol. The summed E-state index contributed by atoms with van der Waals surface area (Å²) >= 11 is 5.96. The minimum Gasteiger partial charge on any atom is -0.491 e. The Kier molecular flexibility index (Phi) is 11.7. The zero-order valence-electron chi connectivity index (χ0n) is 26.9. The molecule has 2 amide bonds. The molecule has 9 nitrogen and oxygen atoms in total. The van der Waals surface area contributed by atoms with E-state index in [2.05, 4.69) is 6.07 Å². The molecule has 2 fully saturated rings. The normalized spacial score (nSPS) is 20.2. The fourth-order valence-corrected chi connectivity index (χ4v) is 5.83. The lowest BCUT2D eigenvalue weighted by atomic mass is 9.75. The van der Waals surface area contributed by atoms with Crippen LogP contribution in [0.2, 0.25) is 5.02 Å². The van der Waals surface area contributed by atoms with Crippen LogP contribution in [0.25, 0.3) is 0 Å². The van der Waals surface area contributed by atoms with Crippen LogP contribution in [-0.2, 0) is 37.6 Å². The van der Waals surface area contributed by atoms with E-state index < -0.39 is 29.0 Å². The molecule has 2 aromatic rings. The highest BCUT2D eigenvalue weighted by molar-refractivity contribution is 6.30. The Labute approximate surface area is 270 Å². The van der Waals surface area contributed by atoms with Gasteiger partial charge in [-0.25, -0.2) is 9.18 Å². The van der Waals surface area contributed by atoms with Gasteiger partial charge in [-0.15, -0.1) is 0 Å². The van der Waals surface area contributed by atoms with Crippen molar-refractivity contribution in [2.24, 2.45) is 5.92 Å². The van der Waals surface area contributed by atoms with Gasteiger partial charge in [-0.3, -0.25) is 4.79 Å². The lowest BCUT2D eigenvalue weighted by Crippen LogP contribution is -2.58. The van der Waals surface area contributed by atoms with Gasteiger partial charge >= 0.3 is 6.09 Å². The number of benzene rings is 2. The molecular formula is C34H46ClFN2O7. The van der Waals surface area contributed by atoms with Gasteiger partial charge in [0, 0.05) is 46.5 Å². The average molecular weight is 649 g/mol. The van der Waals surface area contributed by atoms with Gasteiger partial charge in [0.2, 0.25) is 5.91 Å². The molecule has 4 rings (SSSR count). The molecule has 0 spiro atoms. The SMILES string of the molecule is COCCCc1cc(CN(C(=O)[C@H]2CN(C(=O)OC(C)(C)C)CC[C@]2(O)c2ccc(Cl)c(F)c2)C2CC2)cc(OCCOC)c1. The topological polar surface area (TPSA) is 97.8 Å². The maximum Gasteiger partial charge on any atom is 0.410 e. The molecule has 1 aliphatic carbocycles. The number of piperidine rings is 1. The molecular weight excluding hydrogens is 603 g/mol. The van der Waals surface area contributed by atoms with E-state index in [0.717, 1.165) is 36.8 Å². The predicted molar refractivity (Wildman–Crippen MR) is 169 cm³/mol. The molecule has 1 heterocycles. The molecule has 1 saturated heterocycles. The first-order valence-corrected chi connectivity index (χ1v) is 15.9. The minimum atomic E-state index is -1.73. The van der Waals surface area contributed by atoms with Gasteiger partial charge in [-0.05, 0) is 93.8 Å². The third-order valence-corrected chi connectivity index (χ3v) is 8.44. The van der Waals surface area contributed by atoms with Crippen LogP contribution in [0.3, 0.4) is 0 Å². The lowest BCUT2D eigenvalue weighted by Gasteiger charge is -2.45. The number of rotatable bonds is 13. The first kappa shape index (κ1) is 34.9. The van der Waals surface area contributed by atoms with E-state index in [4.69, 9.17) is 30.5 Å². The maximum atomic E-state index is 14.7. The summed E-state index contributed by atoms with van der Waals surface area (Å²) in [5.74, 6) is -1.38. The van der Waals surface area contributed by atoms with Crippen molar-refractivity contribution in [2.45, 2.75) is 76.7 Å². The van der Waals surface area contributed by atoms with Crippen LogP contribution in [0, 0.1) is 11.7 Å². The molecule has 1 aliphatic heterocycles. The number of ether oxygens (including phenoxy) is 4. The molecule has 0 aromatic heterocycles. The van der Waals surface area contributed by atoms with E-state index in [1.807, 2.05) is 12.1 Å². The molecule has 0 radical (unpaired) electrons. The first-order chi connectivity index (χ1) is 21.3. The van der Waals surface area contributed by atoms with Crippen LogP contribution in [0.15, 0.2) is 36.4 Å². The molecule has 248 valence electrons. The van der Waals surface area contributed by atoms with Crippen molar-refractivity contribution in [3.8, 4) is 5.75 Å². The number of amides is 2. The van der Waals surface area contributed by atoms with Gasteiger partial charge in [0.1, 0.15) is 29.4 Å². The van der Waals surface area contributed by atoms with E-state index in [1.165, 1.54) is 17.0 Å². The van der Waals surface area contributed by atoms with Crippen molar-refractivity contribution in [2.75, 3.05) is 47.1 Å². The quantitative estimate of drug-likeness (QED) is 0.278.